The highest BCUT2D eigenvalue weighted by Crippen LogP contribution is 2.32. The van der Waals surface area contributed by atoms with Crippen LogP contribution in [0.2, 0.25) is 0 Å². The zero-order chi connectivity index (χ0) is 21.1. The smallest absolute Gasteiger partial charge is 0.326 e. The predicted octanol–water partition coefficient (Wildman–Crippen LogP) is 4.19. The first-order valence-corrected chi connectivity index (χ1v) is 10.3. The molecule has 0 unspecified atom stereocenters. The number of fused-ring (bicyclic) bond motifs is 1. The second kappa shape index (κ2) is 8.51. The quantitative estimate of drug-likeness (QED) is 0.438. The summed E-state index contributed by atoms with van der Waals surface area (Å²) in [5, 5.41) is 2.42. The van der Waals surface area contributed by atoms with Crippen LogP contribution < -0.4 is 10.3 Å². The first kappa shape index (κ1) is 19.8. The molecule has 0 radical (unpaired) electrons. The van der Waals surface area contributed by atoms with Crippen molar-refractivity contribution in [2.24, 2.45) is 0 Å². The summed E-state index contributed by atoms with van der Waals surface area (Å²) < 4.78 is 11.9. The highest BCUT2D eigenvalue weighted by molar-refractivity contribution is 7.17. The molecule has 0 fully saturated rings. The molecule has 4 rings (SSSR count). The van der Waals surface area contributed by atoms with Gasteiger partial charge in [-0.15, -0.1) is 11.3 Å². The number of nitrogens with zero attached hydrogens (tertiary/aromatic N) is 2. The number of ether oxygens (including phenoxy) is 2. The number of methoxy groups -OCH3 is 1. The molecule has 7 heteroatoms. The van der Waals surface area contributed by atoms with Gasteiger partial charge in [0.25, 0.3) is 5.56 Å². The lowest BCUT2D eigenvalue weighted by Gasteiger charge is -2.10. The van der Waals surface area contributed by atoms with Gasteiger partial charge in [0.2, 0.25) is 0 Å². The van der Waals surface area contributed by atoms with Crippen molar-refractivity contribution in [2.45, 2.75) is 20.1 Å². The molecule has 4 aromatic rings. The van der Waals surface area contributed by atoms with Crippen LogP contribution in [0.1, 0.15) is 11.4 Å². The number of thiophene rings is 1. The van der Waals surface area contributed by atoms with Gasteiger partial charge >= 0.3 is 5.97 Å². The Kier molecular flexibility index (Phi) is 5.63. The molecule has 152 valence electrons. The minimum atomic E-state index is -0.480. The van der Waals surface area contributed by atoms with Gasteiger partial charge in [0, 0.05) is 10.9 Å². The van der Waals surface area contributed by atoms with Gasteiger partial charge in [0.05, 0.1) is 12.5 Å². The van der Waals surface area contributed by atoms with Crippen LogP contribution in [-0.4, -0.2) is 22.6 Å². The lowest BCUT2D eigenvalue weighted by molar-refractivity contribution is -0.145. The number of benzene rings is 2. The molecule has 0 spiro atoms. The fourth-order valence-electron chi connectivity index (χ4n) is 3.21. The third-order valence-electron chi connectivity index (χ3n) is 4.82. The largest absolute Gasteiger partial charge is 0.497 e. The van der Waals surface area contributed by atoms with Crippen molar-refractivity contribution in [1.82, 2.24) is 9.55 Å². The van der Waals surface area contributed by atoms with Crippen molar-refractivity contribution in [2.75, 3.05) is 7.11 Å². The first-order chi connectivity index (χ1) is 14.6. The molecule has 0 aliphatic heterocycles. The third kappa shape index (κ3) is 3.97. The summed E-state index contributed by atoms with van der Waals surface area (Å²) in [6.45, 7) is 1.70. The summed E-state index contributed by atoms with van der Waals surface area (Å²) in [6.07, 6.45) is 0. The van der Waals surface area contributed by atoms with Crippen LogP contribution in [0.4, 0.5) is 0 Å². The normalized spacial score (nSPS) is 10.9. The van der Waals surface area contributed by atoms with Crippen LogP contribution in [0.25, 0.3) is 21.3 Å². The van der Waals surface area contributed by atoms with Crippen LogP contribution in [0.5, 0.6) is 5.75 Å². The van der Waals surface area contributed by atoms with E-state index in [1.807, 2.05) is 60.0 Å². The van der Waals surface area contributed by atoms with Crippen molar-refractivity contribution >= 4 is 27.5 Å². The van der Waals surface area contributed by atoms with E-state index in [-0.39, 0.29) is 18.7 Å². The average Bonchev–Trinajstić information content (AvgIpc) is 3.20. The van der Waals surface area contributed by atoms with E-state index >= 15 is 0 Å². The predicted molar refractivity (Wildman–Crippen MR) is 117 cm³/mol. The van der Waals surface area contributed by atoms with E-state index in [2.05, 4.69) is 4.98 Å². The lowest BCUT2D eigenvalue weighted by atomic mass is 10.1. The SMILES string of the molecule is COc1ccc(-c2csc3nc(C)n(CC(=O)OCc4ccccc4)c(=O)c23)cc1. The van der Waals surface area contributed by atoms with Gasteiger partial charge in [-0.1, -0.05) is 42.5 Å². The number of hydrogen-bond acceptors (Lipinski definition) is 6. The summed E-state index contributed by atoms with van der Waals surface area (Å²) in [5.41, 5.74) is 2.33. The Morgan fingerprint density at radius 3 is 2.53 bits per heavy atom. The van der Waals surface area contributed by atoms with Gasteiger partial charge < -0.3 is 9.47 Å². The minimum Gasteiger partial charge on any atom is -0.497 e. The molecule has 0 N–H and O–H groups in total. The van der Waals surface area contributed by atoms with Gasteiger partial charge in [0.1, 0.15) is 29.6 Å². The molecule has 0 saturated carbocycles. The molecule has 2 aromatic heterocycles. The molecule has 6 nitrogen and oxygen atoms in total. The van der Waals surface area contributed by atoms with Crippen molar-refractivity contribution in [3.05, 3.63) is 81.7 Å². The minimum absolute atomic E-state index is 0.165. The monoisotopic (exact) mass is 420 g/mol. The van der Waals surface area contributed by atoms with E-state index in [9.17, 15) is 9.59 Å². The van der Waals surface area contributed by atoms with E-state index in [1.54, 1.807) is 14.0 Å². The van der Waals surface area contributed by atoms with Gasteiger partial charge in [-0.3, -0.25) is 14.2 Å². The van der Waals surface area contributed by atoms with E-state index in [0.29, 0.717) is 16.0 Å². The zero-order valence-electron chi connectivity index (χ0n) is 16.6. The number of hydrogen-bond donors (Lipinski definition) is 0. The van der Waals surface area contributed by atoms with Crippen molar-refractivity contribution in [3.8, 4) is 16.9 Å². The Balaban J connectivity index is 1.63. The highest BCUT2D eigenvalue weighted by Gasteiger charge is 2.17. The first-order valence-electron chi connectivity index (χ1n) is 9.39. The average molecular weight is 420 g/mol. The van der Waals surface area contributed by atoms with Crippen molar-refractivity contribution in [3.63, 3.8) is 0 Å². The maximum absolute atomic E-state index is 13.2. The molecule has 0 bridgehead atoms. The maximum atomic E-state index is 13.2. The van der Waals surface area contributed by atoms with Gasteiger partial charge in [-0.25, -0.2) is 4.98 Å². The fourth-order valence-corrected chi connectivity index (χ4v) is 4.19. The second-order valence-corrected chi connectivity index (χ2v) is 7.61. The summed E-state index contributed by atoms with van der Waals surface area (Å²) in [5.74, 6) is 0.740. The lowest BCUT2D eigenvalue weighted by Crippen LogP contribution is -2.28. The number of aryl methyl sites for hydroxylation is 1. The number of carbonyl (C=O) groups excluding carboxylic acids is 1. The number of esters is 1. The molecular weight excluding hydrogens is 400 g/mol. The Bertz CT molecular complexity index is 1240. The number of rotatable bonds is 6. The summed E-state index contributed by atoms with van der Waals surface area (Å²) in [6, 6.07) is 16.9. The topological polar surface area (TPSA) is 70.4 Å². The number of carbonyl (C=O) groups is 1. The van der Waals surface area contributed by atoms with Gasteiger partial charge in [-0.2, -0.15) is 0 Å². The Hall–Kier alpha value is -3.45. The Morgan fingerprint density at radius 1 is 1.10 bits per heavy atom. The standard InChI is InChI=1S/C23H20N2O4S/c1-15-24-22-21(19(14-30-22)17-8-10-18(28-2)11-9-17)23(27)25(15)12-20(26)29-13-16-6-4-3-5-7-16/h3-11,14H,12-13H2,1-2H3. The molecule has 0 saturated heterocycles. The van der Waals surface area contributed by atoms with E-state index in [0.717, 1.165) is 22.4 Å². The van der Waals surface area contributed by atoms with E-state index < -0.39 is 5.97 Å². The Labute approximate surface area is 177 Å². The summed E-state index contributed by atoms with van der Waals surface area (Å²) in [7, 11) is 1.61. The zero-order valence-corrected chi connectivity index (χ0v) is 17.4. The summed E-state index contributed by atoms with van der Waals surface area (Å²) in [4.78, 5) is 30.8. The molecule has 0 aliphatic rings. The van der Waals surface area contributed by atoms with Crippen LogP contribution >= 0.6 is 11.3 Å². The molecule has 0 amide bonds. The third-order valence-corrected chi connectivity index (χ3v) is 5.69. The van der Waals surface area contributed by atoms with Crippen molar-refractivity contribution in [1.29, 1.82) is 0 Å². The van der Waals surface area contributed by atoms with Gasteiger partial charge in [-0.05, 0) is 30.2 Å². The van der Waals surface area contributed by atoms with Gasteiger partial charge in [0.15, 0.2) is 0 Å². The second-order valence-electron chi connectivity index (χ2n) is 6.75. The van der Waals surface area contributed by atoms with E-state index in [4.69, 9.17) is 9.47 Å². The van der Waals surface area contributed by atoms with Crippen molar-refractivity contribution < 1.29 is 14.3 Å². The number of aromatic nitrogens is 2. The molecule has 2 heterocycles. The van der Waals surface area contributed by atoms with Crippen LogP contribution in [0.3, 0.4) is 0 Å². The molecule has 2 aromatic carbocycles. The van der Waals surface area contributed by atoms with E-state index in [1.165, 1.54) is 15.9 Å². The van der Waals surface area contributed by atoms with Crippen LogP contribution in [-0.2, 0) is 22.7 Å². The highest BCUT2D eigenvalue weighted by atomic mass is 32.1. The molecule has 0 atom stereocenters. The fraction of sp³-hybridized carbons (Fsp3) is 0.174. The van der Waals surface area contributed by atoms with Crippen LogP contribution in [0.15, 0.2) is 64.8 Å². The molecular formula is C23H20N2O4S. The Morgan fingerprint density at radius 2 is 1.83 bits per heavy atom. The van der Waals surface area contributed by atoms with Crippen LogP contribution in [0, 0.1) is 6.92 Å². The molecule has 30 heavy (non-hydrogen) atoms. The molecule has 0 aliphatic carbocycles. The maximum Gasteiger partial charge on any atom is 0.326 e. The summed E-state index contributed by atoms with van der Waals surface area (Å²) >= 11 is 1.41.